The van der Waals surface area contributed by atoms with Crippen LogP contribution in [-0.2, 0) is 16.0 Å². The van der Waals surface area contributed by atoms with E-state index in [1.54, 1.807) is 0 Å². The number of carbonyl (C=O) groups excluding carboxylic acids is 2. The molecule has 6 nitrogen and oxygen atoms in total. The normalized spacial score (nSPS) is 18.9. The number of benzene rings is 2. The van der Waals surface area contributed by atoms with Gasteiger partial charge in [0.2, 0.25) is 11.9 Å². The van der Waals surface area contributed by atoms with Gasteiger partial charge < -0.3 is 5.32 Å². The molecule has 2 aliphatic rings. The first-order chi connectivity index (χ1) is 14.7. The smallest absolute Gasteiger partial charge is 0.253 e. The Bertz CT molecular complexity index is 1070. The second-order valence-electron chi connectivity index (χ2n) is 8.22. The largest absolute Gasteiger partial charge is 0.356 e. The van der Waals surface area contributed by atoms with Crippen molar-refractivity contribution >= 4 is 28.8 Å². The van der Waals surface area contributed by atoms with E-state index in [1.165, 1.54) is 5.56 Å². The number of nitrogens with zero attached hydrogens (tertiary/aromatic N) is 3. The van der Waals surface area contributed by atoms with E-state index in [0.29, 0.717) is 12.5 Å². The number of carbonyl (C=O) groups is 2. The van der Waals surface area contributed by atoms with Crippen LogP contribution in [0.3, 0.4) is 0 Å². The number of aromatic nitrogens is 2. The molecule has 154 valence electrons. The highest BCUT2D eigenvalue weighted by Crippen LogP contribution is 2.40. The molecule has 2 amide bonds. The van der Waals surface area contributed by atoms with E-state index in [9.17, 15) is 9.59 Å². The van der Waals surface area contributed by atoms with Crippen molar-refractivity contribution in [2.45, 2.75) is 50.6 Å². The maximum atomic E-state index is 13.4. The van der Waals surface area contributed by atoms with Crippen LogP contribution < -0.4 is 10.2 Å². The number of hydrogen-bond donors (Lipinski definition) is 1. The van der Waals surface area contributed by atoms with Crippen molar-refractivity contribution in [1.82, 2.24) is 14.9 Å². The summed E-state index contributed by atoms with van der Waals surface area (Å²) in [5.41, 5.74) is 2.98. The number of para-hydroxylation sites is 2. The average molecular weight is 402 g/mol. The third kappa shape index (κ3) is 3.36. The van der Waals surface area contributed by atoms with Crippen molar-refractivity contribution in [2.75, 3.05) is 11.4 Å². The third-order valence-corrected chi connectivity index (χ3v) is 6.27. The lowest BCUT2D eigenvalue weighted by molar-refractivity contribution is -0.127. The van der Waals surface area contributed by atoms with Crippen LogP contribution in [0.1, 0.15) is 43.7 Å². The summed E-state index contributed by atoms with van der Waals surface area (Å²) in [7, 11) is 0. The molecule has 0 radical (unpaired) electrons. The molecule has 1 atom stereocenters. The molecule has 1 saturated carbocycles. The molecule has 3 aromatic rings. The Kier molecular flexibility index (Phi) is 4.99. The Hall–Kier alpha value is -3.15. The zero-order chi connectivity index (χ0) is 20.5. The van der Waals surface area contributed by atoms with Gasteiger partial charge in [0.15, 0.2) is 0 Å². The van der Waals surface area contributed by atoms with Crippen molar-refractivity contribution in [2.24, 2.45) is 0 Å². The lowest BCUT2D eigenvalue weighted by Crippen LogP contribution is -2.39. The van der Waals surface area contributed by atoms with Crippen LogP contribution in [0.4, 0.5) is 5.95 Å². The standard InChI is InChI=1S/C24H26N4O2/c29-22(25-15-14-17-8-2-1-3-9-17)16-21-23(30)27(18-10-4-5-11-18)24-26-19-12-6-7-13-20(19)28(21)24/h1-3,6-9,12-13,18,21H,4-5,10-11,14-16H2,(H,25,29)/t21-/m0/s1. The number of rotatable bonds is 6. The lowest BCUT2D eigenvalue weighted by atomic mass is 10.1. The summed E-state index contributed by atoms with van der Waals surface area (Å²) in [4.78, 5) is 32.7. The van der Waals surface area contributed by atoms with Gasteiger partial charge >= 0.3 is 0 Å². The summed E-state index contributed by atoms with van der Waals surface area (Å²) < 4.78 is 1.98. The number of amides is 2. The van der Waals surface area contributed by atoms with Crippen LogP contribution in [0.2, 0.25) is 0 Å². The van der Waals surface area contributed by atoms with Gasteiger partial charge in [-0.2, -0.15) is 0 Å². The molecule has 1 N–H and O–H groups in total. The van der Waals surface area contributed by atoms with Crippen molar-refractivity contribution in [1.29, 1.82) is 0 Å². The van der Waals surface area contributed by atoms with E-state index in [-0.39, 0.29) is 24.3 Å². The van der Waals surface area contributed by atoms with Crippen LogP contribution in [0.25, 0.3) is 11.0 Å². The predicted octanol–water partition coefficient (Wildman–Crippen LogP) is 3.62. The van der Waals surface area contributed by atoms with Crippen LogP contribution in [0, 0.1) is 0 Å². The number of hydrogen-bond acceptors (Lipinski definition) is 3. The Morgan fingerprint density at radius 1 is 1.03 bits per heavy atom. The lowest BCUT2D eigenvalue weighted by Gasteiger charge is -2.22. The summed E-state index contributed by atoms with van der Waals surface area (Å²) in [6.07, 6.45) is 5.21. The fraction of sp³-hybridized carbons (Fsp3) is 0.375. The minimum atomic E-state index is -0.523. The highest BCUT2D eigenvalue weighted by Gasteiger charge is 2.44. The fourth-order valence-electron chi connectivity index (χ4n) is 4.80. The van der Waals surface area contributed by atoms with E-state index in [2.05, 4.69) is 17.4 Å². The molecule has 6 heteroatoms. The van der Waals surface area contributed by atoms with E-state index in [0.717, 1.165) is 43.1 Å². The average Bonchev–Trinajstić information content (AvgIpc) is 3.46. The molecule has 0 spiro atoms. The van der Waals surface area contributed by atoms with E-state index in [4.69, 9.17) is 4.98 Å². The number of fused-ring (bicyclic) bond motifs is 3. The van der Waals surface area contributed by atoms with E-state index in [1.807, 2.05) is 51.9 Å². The van der Waals surface area contributed by atoms with Gasteiger partial charge in [-0.15, -0.1) is 0 Å². The van der Waals surface area contributed by atoms with Crippen LogP contribution in [0.15, 0.2) is 54.6 Å². The molecule has 2 heterocycles. The van der Waals surface area contributed by atoms with Gasteiger partial charge in [-0.1, -0.05) is 55.3 Å². The van der Waals surface area contributed by atoms with Gasteiger partial charge in [0, 0.05) is 12.6 Å². The first-order valence-corrected chi connectivity index (χ1v) is 10.8. The molecule has 1 aliphatic heterocycles. The van der Waals surface area contributed by atoms with Crippen molar-refractivity contribution < 1.29 is 9.59 Å². The van der Waals surface area contributed by atoms with E-state index < -0.39 is 6.04 Å². The highest BCUT2D eigenvalue weighted by molar-refractivity contribution is 6.04. The molecular formula is C24H26N4O2. The molecule has 0 bridgehead atoms. The molecule has 0 saturated heterocycles. The summed E-state index contributed by atoms with van der Waals surface area (Å²) >= 11 is 0. The summed E-state index contributed by atoms with van der Waals surface area (Å²) in [5.74, 6) is 0.616. The first-order valence-electron chi connectivity index (χ1n) is 10.8. The number of imidazole rings is 1. The fourth-order valence-corrected chi connectivity index (χ4v) is 4.80. The van der Waals surface area contributed by atoms with Crippen LogP contribution in [0.5, 0.6) is 0 Å². The minimum absolute atomic E-state index is 0.00774. The van der Waals surface area contributed by atoms with Gasteiger partial charge in [-0.25, -0.2) is 4.98 Å². The van der Waals surface area contributed by atoms with Gasteiger partial charge in [-0.3, -0.25) is 19.1 Å². The zero-order valence-electron chi connectivity index (χ0n) is 17.0. The van der Waals surface area contributed by atoms with Crippen molar-refractivity contribution in [3.63, 3.8) is 0 Å². The van der Waals surface area contributed by atoms with Crippen LogP contribution in [-0.4, -0.2) is 34.0 Å². The molecule has 1 fully saturated rings. The molecule has 1 aliphatic carbocycles. The highest BCUT2D eigenvalue weighted by atomic mass is 16.2. The minimum Gasteiger partial charge on any atom is -0.356 e. The summed E-state index contributed by atoms with van der Waals surface area (Å²) in [6.45, 7) is 0.563. The molecule has 0 unspecified atom stereocenters. The maximum absolute atomic E-state index is 13.4. The topological polar surface area (TPSA) is 67.2 Å². The summed E-state index contributed by atoms with van der Waals surface area (Å²) in [5, 5.41) is 2.99. The summed E-state index contributed by atoms with van der Waals surface area (Å²) in [6, 6.07) is 17.6. The van der Waals surface area contributed by atoms with E-state index >= 15 is 0 Å². The first kappa shape index (κ1) is 18.9. The quantitative estimate of drug-likeness (QED) is 0.685. The monoisotopic (exact) mass is 402 g/mol. The third-order valence-electron chi connectivity index (χ3n) is 6.27. The SMILES string of the molecule is O=C(C[C@H]1C(=O)N(C2CCCC2)c2nc3ccccc3n21)NCCc1ccccc1. The Morgan fingerprint density at radius 2 is 1.77 bits per heavy atom. The Morgan fingerprint density at radius 3 is 2.57 bits per heavy atom. The van der Waals surface area contributed by atoms with Crippen LogP contribution >= 0.6 is 0 Å². The zero-order valence-corrected chi connectivity index (χ0v) is 17.0. The molecule has 30 heavy (non-hydrogen) atoms. The molecule has 5 rings (SSSR count). The number of nitrogens with one attached hydrogen (secondary N) is 1. The van der Waals surface area contributed by atoms with Gasteiger partial charge in [0.05, 0.1) is 17.5 Å². The van der Waals surface area contributed by atoms with Crippen molar-refractivity contribution in [3.05, 3.63) is 60.2 Å². The second-order valence-corrected chi connectivity index (χ2v) is 8.22. The predicted molar refractivity (Wildman–Crippen MR) is 116 cm³/mol. The van der Waals surface area contributed by atoms with Gasteiger partial charge in [0.1, 0.15) is 6.04 Å². The Balaban J connectivity index is 1.35. The second kappa shape index (κ2) is 7.94. The van der Waals surface area contributed by atoms with Gasteiger partial charge in [-0.05, 0) is 37.0 Å². The molecular weight excluding hydrogens is 376 g/mol. The van der Waals surface area contributed by atoms with Gasteiger partial charge in [0.25, 0.3) is 5.91 Å². The number of anilines is 1. The maximum Gasteiger partial charge on any atom is 0.253 e. The Labute approximate surface area is 175 Å². The molecule has 2 aromatic carbocycles. The van der Waals surface area contributed by atoms with Crippen molar-refractivity contribution in [3.8, 4) is 0 Å². The molecule has 1 aromatic heterocycles.